The van der Waals surface area contributed by atoms with Crippen molar-refractivity contribution in [3.8, 4) is 11.8 Å². The Morgan fingerprint density at radius 3 is 2.32 bits per heavy atom. The zero-order chi connectivity index (χ0) is 26.9. The molecule has 1 atom stereocenters. The first-order chi connectivity index (χ1) is 18.4. The maximum Gasteiger partial charge on any atom is 0.335 e. The van der Waals surface area contributed by atoms with Gasteiger partial charge in [0.05, 0.1) is 5.56 Å². The molecular weight excluding hydrogens is 486 g/mol. The van der Waals surface area contributed by atoms with Crippen molar-refractivity contribution in [1.82, 2.24) is 15.3 Å². The summed E-state index contributed by atoms with van der Waals surface area (Å²) in [6.45, 7) is 0.342. The Hall–Kier alpha value is -5.09. The van der Waals surface area contributed by atoms with E-state index in [0.29, 0.717) is 29.1 Å². The van der Waals surface area contributed by atoms with Crippen LogP contribution >= 0.6 is 0 Å². The lowest BCUT2D eigenvalue weighted by atomic mass is 10.0. The number of rotatable bonds is 10. The van der Waals surface area contributed by atoms with Crippen LogP contribution in [0.25, 0.3) is 0 Å². The Labute approximate surface area is 218 Å². The highest BCUT2D eigenvalue weighted by Gasteiger charge is 2.23. The van der Waals surface area contributed by atoms with Crippen molar-refractivity contribution in [2.75, 3.05) is 5.32 Å². The Morgan fingerprint density at radius 2 is 1.61 bits per heavy atom. The van der Waals surface area contributed by atoms with E-state index in [0.717, 1.165) is 5.56 Å². The largest absolute Gasteiger partial charge is 0.478 e. The minimum Gasteiger partial charge on any atom is -0.478 e. The summed E-state index contributed by atoms with van der Waals surface area (Å²) in [5.41, 5.74) is 7.89. The summed E-state index contributed by atoms with van der Waals surface area (Å²) >= 11 is 0. The second kappa shape index (κ2) is 12.2. The number of carboxylic acid groups (broad SMARTS) is 1. The van der Waals surface area contributed by atoms with Gasteiger partial charge in [0.2, 0.25) is 5.91 Å². The fraction of sp³-hybridized carbons (Fsp3) is 0.107. The highest BCUT2D eigenvalue weighted by molar-refractivity contribution is 6.01. The summed E-state index contributed by atoms with van der Waals surface area (Å²) in [7, 11) is 0. The first kappa shape index (κ1) is 26.0. The molecule has 0 saturated heterocycles. The van der Waals surface area contributed by atoms with Gasteiger partial charge in [-0.25, -0.2) is 14.8 Å². The number of carboxylic acids is 1. The fourth-order valence-electron chi connectivity index (χ4n) is 3.62. The van der Waals surface area contributed by atoms with E-state index in [2.05, 4.69) is 20.6 Å². The van der Waals surface area contributed by atoms with Gasteiger partial charge in [-0.3, -0.25) is 9.59 Å². The summed E-state index contributed by atoms with van der Waals surface area (Å²) < 4.78 is 5.69. The Morgan fingerprint density at radius 1 is 0.868 bits per heavy atom. The molecule has 0 saturated carbocycles. The average molecular weight is 512 g/mol. The van der Waals surface area contributed by atoms with Crippen molar-refractivity contribution in [3.63, 3.8) is 0 Å². The van der Waals surface area contributed by atoms with Crippen LogP contribution in [0.3, 0.4) is 0 Å². The number of nitrogens with one attached hydrogen (secondary N) is 2. The molecule has 10 heteroatoms. The lowest BCUT2D eigenvalue weighted by molar-refractivity contribution is -0.118. The number of hydrogen-bond acceptors (Lipinski definition) is 7. The number of nitrogens with two attached hydrogens (primary N) is 1. The summed E-state index contributed by atoms with van der Waals surface area (Å²) in [4.78, 5) is 45.7. The van der Waals surface area contributed by atoms with Gasteiger partial charge in [0, 0.05) is 36.6 Å². The number of amides is 2. The molecule has 0 spiro atoms. The van der Waals surface area contributed by atoms with Crippen LogP contribution < -0.4 is 21.1 Å². The zero-order valence-electron chi connectivity index (χ0n) is 20.2. The van der Waals surface area contributed by atoms with E-state index in [1.165, 1.54) is 18.2 Å². The highest BCUT2D eigenvalue weighted by atomic mass is 16.5. The number of aromatic nitrogens is 2. The minimum atomic E-state index is -1.12. The molecule has 0 fully saturated rings. The van der Waals surface area contributed by atoms with Crippen LogP contribution in [0, 0.1) is 0 Å². The van der Waals surface area contributed by atoms with Crippen molar-refractivity contribution in [1.29, 1.82) is 0 Å². The molecule has 0 aliphatic carbocycles. The summed E-state index contributed by atoms with van der Waals surface area (Å²) in [5, 5.41) is 14.7. The lowest BCUT2D eigenvalue weighted by Gasteiger charge is -2.19. The first-order valence-electron chi connectivity index (χ1n) is 11.7. The predicted molar refractivity (Wildman–Crippen MR) is 140 cm³/mol. The van der Waals surface area contributed by atoms with Crippen LogP contribution in [-0.2, 0) is 17.8 Å². The number of carbonyl (C=O) groups excluding carboxylic acids is 2. The molecule has 1 heterocycles. The Balaban J connectivity index is 1.56. The van der Waals surface area contributed by atoms with Crippen molar-refractivity contribution >= 4 is 23.5 Å². The number of ether oxygens (including phenoxy) is 1. The van der Waals surface area contributed by atoms with Crippen LogP contribution in [-0.4, -0.2) is 38.9 Å². The molecule has 0 bridgehead atoms. The summed E-state index contributed by atoms with van der Waals surface area (Å²) in [6, 6.07) is 20.5. The van der Waals surface area contributed by atoms with Crippen LogP contribution in [0.15, 0.2) is 91.3 Å². The lowest BCUT2D eigenvalue weighted by Crippen LogP contribution is -2.45. The van der Waals surface area contributed by atoms with Crippen molar-refractivity contribution in [3.05, 3.63) is 114 Å². The third-order valence-corrected chi connectivity index (χ3v) is 5.54. The molecule has 1 unspecified atom stereocenters. The third-order valence-electron chi connectivity index (χ3n) is 5.54. The number of nitrogens with zero attached hydrogens (tertiary/aromatic N) is 2. The second-order valence-electron chi connectivity index (χ2n) is 8.29. The van der Waals surface area contributed by atoms with E-state index in [1.54, 1.807) is 73.1 Å². The van der Waals surface area contributed by atoms with Crippen molar-refractivity contribution in [2.45, 2.75) is 19.0 Å². The Bertz CT molecular complexity index is 1430. The maximum absolute atomic E-state index is 13.3. The zero-order valence-corrected chi connectivity index (χ0v) is 20.2. The van der Waals surface area contributed by atoms with Gasteiger partial charge in [-0.15, -0.1) is 0 Å². The van der Waals surface area contributed by atoms with Gasteiger partial charge in [-0.05, 0) is 59.7 Å². The SMILES string of the molecule is NCc1ccc(C(=O)NC(Cc2cccc(Oc3ncccn3)c2)C(=O)Nc2cccc(C(=O)O)c2)cc1. The number of benzene rings is 3. The first-order valence-corrected chi connectivity index (χ1v) is 11.7. The monoisotopic (exact) mass is 511 g/mol. The molecule has 4 rings (SSSR count). The molecule has 38 heavy (non-hydrogen) atoms. The van der Waals surface area contributed by atoms with Crippen LogP contribution in [0.2, 0.25) is 0 Å². The summed E-state index contributed by atoms with van der Waals surface area (Å²) in [5.74, 6) is -1.62. The highest BCUT2D eigenvalue weighted by Crippen LogP contribution is 2.20. The summed E-state index contributed by atoms with van der Waals surface area (Å²) in [6.07, 6.45) is 3.24. The van der Waals surface area contributed by atoms with E-state index < -0.39 is 23.8 Å². The number of anilines is 1. The van der Waals surface area contributed by atoms with Crippen LogP contribution in [0.1, 0.15) is 31.8 Å². The van der Waals surface area contributed by atoms with Gasteiger partial charge in [0.1, 0.15) is 11.8 Å². The molecule has 0 radical (unpaired) electrons. The molecule has 0 aliphatic rings. The maximum atomic E-state index is 13.3. The van der Waals surface area contributed by atoms with Crippen molar-refractivity contribution < 1.29 is 24.2 Å². The molecule has 4 aromatic rings. The minimum absolute atomic E-state index is 0.0244. The van der Waals surface area contributed by atoms with E-state index in [9.17, 15) is 19.5 Å². The van der Waals surface area contributed by atoms with E-state index in [-0.39, 0.29) is 18.0 Å². The van der Waals surface area contributed by atoms with Gasteiger partial charge >= 0.3 is 12.0 Å². The molecular formula is C28H25N5O5. The Kier molecular flexibility index (Phi) is 8.37. The average Bonchev–Trinajstić information content (AvgIpc) is 2.93. The topological polar surface area (TPSA) is 157 Å². The van der Waals surface area contributed by atoms with Gasteiger partial charge in [-0.1, -0.05) is 30.3 Å². The quantitative estimate of drug-likeness (QED) is 0.252. The van der Waals surface area contributed by atoms with Gasteiger partial charge < -0.3 is 26.2 Å². The van der Waals surface area contributed by atoms with Gasteiger partial charge in [0.15, 0.2) is 0 Å². The molecule has 192 valence electrons. The van der Waals surface area contributed by atoms with Crippen molar-refractivity contribution in [2.24, 2.45) is 5.73 Å². The van der Waals surface area contributed by atoms with E-state index in [4.69, 9.17) is 10.5 Å². The number of hydrogen-bond donors (Lipinski definition) is 4. The smallest absolute Gasteiger partial charge is 0.335 e. The molecule has 2 amide bonds. The van der Waals surface area contributed by atoms with Gasteiger partial charge in [-0.2, -0.15) is 0 Å². The number of aromatic carboxylic acids is 1. The van der Waals surface area contributed by atoms with Crippen LogP contribution in [0.4, 0.5) is 5.69 Å². The van der Waals surface area contributed by atoms with E-state index in [1.807, 2.05) is 0 Å². The number of carbonyl (C=O) groups is 3. The molecule has 3 aromatic carbocycles. The fourth-order valence-corrected chi connectivity index (χ4v) is 3.62. The standard InChI is InChI=1S/C28H25N5O5/c29-17-18-8-10-20(11-9-18)25(34)33-24(26(35)32-22-6-2-5-21(16-22)27(36)37)15-19-4-1-7-23(14-19)38-28-30-12-3-13-31-28/h1-14,16,24H,15,17,29H2,(H,32,35)(H,33,34)(H,36,37). The predicted octanol–water partition coefficient (Wildman–Crippen LogP) is 3.41. The van der Waals surface area contributed by atoms with E-state index >= 15 is 0 Å². The third kappa shape index (κ3) is 6.99. The second-order valence-corrected chi connectivity index (χ2v) is 8.29. The van der Waals surface area contributed by atoms with Crippen LogP contribution in [0.5, 0.6) is 11.8 Å². The molecule has 0 aliphatic heterocycles. The molecule has 1 aromatic heterocycles. The van der Waals surface area contributed by atoms with Gasteiger partial charge in [0.25, 0.3) is 5.91 Å². The molecule has 5 N–H and O–H groups in total. The normalized spacial score (nSPS) is 11.3. The molecule has 10 nitrogen and oxygen atoms in total.